The van der Waals surface area contributed by atoms with Crippen molar-refractivity contribution in [2.45, 2.75) is 74.9 Å². The van der Waals surface area contributed by atoms with Crippen LogP contribution in [-0.2, 0) is 27.2 Å². The number of ether oxygens (including phenoxy) is 1. The van der Waals surface area contributed by atoms with Crippen molar-refractivity contribution in [3.05, 3.63) is 39.4 Å². The molecule has 0 amide bonds. The Morgan fingerprint density at radius 1 is 1.05 bits per heavy atom. The van der Waals surface area contributed by atoms with E-state index < -0.39 is 71.6 Å². The standard InChI is InChI=1S/C25H25ClF6O5S/c1-11-16-3-13(12(2)37-10-22-5-14-7-23(33,9-22)8-15(14)6-22)4-17(38(34,35)36)18(16)20(25(30,31)32)21(26)19(11)24(27,28)29/h3-4,12,14-15,33H,5-10H2,1-2H3,(H,34,35,36). The molecule has 4 saturated carbocycles. The van der Waals surface area contributed by atoms with Gasteiger partial charge in [-0.2, -0.15) is 34.8 Å². The fourth-order valence-corrected chi connectivity index (χ4v) is 8.59. The first kappa shape index (κ1) is 27.9. The molecule has 0 aliphatic heterocycles. The van der Waals surface area contributed by atoms with Crippen LogP contribution >= 0.6 is 11.6 Å². The zero-order valence-corrected chi connectivity index (χ0v) is 21.9. The number of aryl methyl sites for hydroxylation is 1. The van der Waals surface area contributed by atoms with Crippen molar-refractivity contribution in [3.8, 4) is 0 Å². The molecule has 0 spiro atoms. The van der Waals surface area contributed by atoms with Gasteiger partial charge in [-0.1, -0.05) is 11.6 Å². The van der Waals surface area contributed by atoms with E-state index in [0.29, 0.717) is 18.3 Å². The summed E-state index contributed by atoms with van der Waals surface area (Å²) in [5.74, 6) is 0.766. The highest BCUT2D eigenvalue weighted by Gasteiger charge is 2.62. The van der Waals surface area contributed by atoms with Gasteiger partial charge in [0.2, 0.25) is 0 Å². The molecule has 2 N–H and O–H groups in total. The van der Waals surface area contributed by atoms with Crippen molar-refractivity contribution in [2.24, 2.45) is 17.3 Å². The molecule has 0 aromatic heterocycles. The van der Waals surface area contributed by atoms with Crippen molar-refractivity contribution < 1.29 is 49.2 Å². The lowest BCUT2D eigenvalue weighted by Gasteiger charge is -2.43. The lowest BCUT2D eigenvalue weighted by molar-refractivity contribution is -0.142. The first-order valence-electron chi connectivity index (χ1n) is 12.0. The molecule has 0 radical (unpaired) electrons. The molecule has 4 aliphatic carbocycles. The largest absolute Gasteiger partial charge is 0.418 e. The zero-order valence-electron chi connectivity index (χ0n) is 20.3. The van der Waals surface area contributed by atoms with Gasteiger partial charge in [0.1, 0.15) is 4.90 Å². The Hall–Kier alpha value is -1.60. The summed E-state index contributed by atoms with van der Waals surface area (Å²) in [5.41, 5.74) is -5.52. The Morgan fingerprint density at radius 2 is 1.61 bits per heavy atom. The molecule has 4 fully saturated rings. The molecule has 0 saturated heterocycles. The van der Waals surface area contributed by atoms with Gasteiger partial charge in [0, 0.05) is 5.39 Å². The number of hydrogen-bond donors (Lipinski definition) is 2. The van der Waals surface area contributed by atoms with Gasteiger partial charge in [0.05, 0.1) is 34.5 Å². The minimum atomic E-state index is -5.47. The SMILES string of the molecule is Cc1c(C(F)(F)F)c(Cl)c(C(F)(F)F)c2c(S(=O)(=O)O)cc(C(C)OCC34CC5CC(O)(CC5C3)C4)cc12. The van der Waals surface area contributed by atoms with Gasteiger partial charge in [-0.3, -0.25) is 4.55 Å². The summed E-state index contributed by atoms with van der Waals surface area (Å²) in [4.78, 5) is -1.21. The average molecular weight is 587 g/mol. The molecule has 2 aromatic rings. The second-order valence-corrected chi connectivity index (χ2v) is 13.1. The number of fused-ring (bicyclic) bond motifs is 1. The third-order valence-electron chi connectivity index (χ3n) is 8.59. The minimum absolute atomic E-state index is 0.0255. The molecule has 0 heterocycles. The van der Waals surface area contributed by atoms with E-state index >= 15 is 0 Å². The van der Waals surface area contributed by atoms with E-state index in [0.717, 1.165) is 44.7 Å². The van der Waals surface area contributed by atoms with E-state index in [1.807, 2.05) is 0 Å². The van der Waals surface area contributed by atoms with Crippen molar-refractivity contribution >= 4 is 32.5 Å². The Labute approximate surface area is 219 Å². The fraction of sp³-hybridized carbons (Fsp3) is 0.600. The lowest BCUT2D eigenvalue weighted by atomic mass is 9.68. The summed E-state index contributed by atoms with van der Waals surface area (Å²) < 4.78 is 124. The minimum Gasteiger partial charge on any atom is -0.390 e. The lowest BCUT2D eigenvalue weighted by Crippen LogP contribution is -2.42. The van der Waals surface area contributed by atoms with Crippen LogP contribution in [0.5, 0.6) is 0 Å². The van der Waals surface area contributed by atoms with Crippen LogP contribution in [-0.4, -0.2) is 30.3 Å². The number of halogens is 7. The molecule has 5 nitrogen and oxygen atoms in total. The molecular formula is C25H25ClF6O5S. The Morgan fingerprint density at radius 3 is 2.08 bits per heavy atom. The predicted molar refractivity (Wildman–Crippen MR) is 125 cm³/mol. The van der Waals surface area contributed by atoms with E-state index in [1.54, 1.807) is 0 Å². The number of rotatable bonds is 5. The Bertz CT molecular complexity index is 1420. The van der Waals surface area contributed by atoms with Gasteiger partial charge in [-0.15, -0.1) is 0 Å². The molecule has 210 valence electrons. The quantitative estimate of drug-likeness (QED) is 0.288. The van der Waals surface area contributed by atoms with Crippen LogP contribution in [0.4, 0.5) is 26.3 Å². The van der Waals surface area contributed by atoms with Crippen LogP contribution in [0.2, 0.25) is 5.02 Å². The van der Waals surface area contributed by atoms with Crippen molar-refractivity contribution in [2.75, 3.05) is 6.61 Å². The molecule has 2 aromatic carbocycles. The highest BCUT2D eigenvalue weighted by atomic mass is 35.5. The van der Waals surface area contributed by atoms with Gasteiger partial charge >= 0.3 is 12.4 Å². The van der Waals surface area contributed by atoms with Crippen LogP contribution in [0.25, 0.3) is 10.8 Å². The average Bonchev–Trinajstić information content (AvgIpc) is 3.11. The molecule has 38 heavy (non-hydrogen) atoms. The highest BCUT2D eigenvalue weighted by Crippen LogP contribution is 2.66. The van der Waals surface area contributed by atoms with Crippen molar-refractivity contribution in [3.63, 3.8) is 0 Å². The topological polar surface area (TPSA) is 83.8 Å². The molecule has 3 unspecified atom stereocenters. The van der Waals surface area contributed by atoms with E-state index in [-0.39, 0.29) is 17.6 Å². The van der Waals surface area contributed by atoms with Crippen LogP contribution in [0, 0.1) is 24.2 Å². The van der Waals surface area contributed by atoms with Crippen LogP contribution in [0.3, 0.4) is 0 Å². The summed E-state index contributed by atoms with van der Waals surface area (Å²) in [6.07, 6.45) is -7.97. The molecular weight excluding hydrogens is 562 g/mol. The van der Waals surface area contributed by atoms with E-state index in [2.05, 4.69) is 0 Å². The first-order chi connectivity index (χ1) is 17.2. The van der Waals surface area contributed by atoms with Gasteiger partial charge in [-0.05, 0) is 91.8 Å². The maximum atomic E-state index is 14.0. The van der Waals surface area contributed by atoms with E-state index in [4.69, 9.17) is 16.3 Å². The molecule has 4 bridgehead atoms. The van der Waals surface area contributed by atoms with Crippen LogP contribution in [0.1, 0.15) is 67.4 Å². The van der Waals surface area contributed by atoms with Gasteiger partial charge < -0.3 is 9.84 Å². The monoisotopic (exact) mass is 586 g/mol. The Balaban J connectivity index is 1.63. The summed E-state index contributed by atoms with van der Waals surface area (Å²) in [6, 6.07) is 1.80. The Kier molecular flexibility index (Phi) is 6.22. The number of benzene rings is 2. The van der Waals surface area contributed by atoms with Gasteiger partial charge in [0.15, 0.2) is 0 Å². The highest BCUT2D eigenvalue weighted by molar-refractivity contribution is 7.86. The molecule has 13 heteroatoms. The first-order valence-corrected chi connectivity index (χ1v) is 13.8. The summed E-state index contributed by atoms with van der Waals surface area (Å²) in [5, 5.41) is 7.31. The number of hydrogen-bond acceptors (Lipinski definition) is 4. The molecule has 4 aliphatic rings. The maximum absolute atomic E-state index is 14.0. The molecule has 6 rings (SSSR count). The number of aliphatic hydroxyl groups is 1. The second kappa shape index (κ2) is 8.45. The van der Waals surface area contributed by atoms with Crippen LogP contribution in [0.15, 0.2) is 17.0 Å². The number of alkyl halides is 6. The van der Waals surface area contributed by atoms with E-state index in [9.17, 15) is 44.4 Å². The summed E-state index contributed by atoms with van der Waals surface area (Å²) in [7, 11) is -5.33. The van der Waals surface area contributed by atoms with Gasteiger partial charge in [-0.25, -0.2) is 0 Å². The van der Waals surface area contributed by atoms with E-state index in [1.165, 1.54) is 6.92 Å². The normalized spacial score (nSPS) is 30.0. The summed E-state index contributed by atoms with van der Waals surface area (Å²) >= 11 is 5.62. The van der Waals surface area contributed by atoms with Crippen LogP contribution < -0.4 is 0 Å². The summed E-state index contributed by atoms with van der Waals surface area (Å²) in [6.45, 7) is 2.58. The van der Waals surface area contributed by atoms with Crippen molar-refractivity contribution in [1.29, 1.82) is 0 Å². The molecule has 3 atom stereocenters. The second-order valence-electron chi connectivity index (χ2n) is 11.3. The predicted octanol–water partition coefficient (Wildman–Crippen LogP) is 7.10. The third-order valence-corrected chi connectivity index (χ3v) is 9.85. The smallest absolute Gasteiger partial charge is 0.390 e. The zero-order chi connectivity index (χ0) is 28.2. The maximum Gasteiger partial charge on any atom is 0.418 e. The fourth-order valence-electron chi connectivity index (χ4n) is 7.39. The van der Waals surface area contributed by atoms with Gasteiger partial charge in [0.25, 0.3) is 10.1 Å². The van der Waals surface area contributed by atoms with Crippen molar-refractivity contribution in [1.82, 2.24) is 0 Å². The third kappa shape index (κ3) is 4.49.